The number of halogens is 1. The molecule has 1 aliphatic heterocycles. The van der Waals surface area contributed by atoms with Crippen LogP contribution in [0.4, 0.5) is 0 Å². The van der Waals surface area contributed by atoms with Gasteiger partial charge in [-0.3, -0.25) is 9.59 Å². The number of carbonyl (C=O) groups is 2. The molecule has 0 fully saturated rings. The lowest BCUT2D eigenvalue weighted by Crippen LogP contribution is -2.30. The Hall–Kier alpha value is -2.53. The van der Waals surface area contributed by atoms with Crippen molar-refractivity contribution in [3.63, 3.8) is 0 Å². The third-order valence-corrected chi connectivity index (χ3v) is 4.54. The number of hydrogen-bond acceptors (Lipinski definition) is 4. The van der Waals surface area contributed by atoms with Gasteiger partial charge in [-0.15, -0.1) is 0 Å². The Morgan fingerprint density at radius 1 is 1.27 bits per heavy atom. The van der Waals surface area contributed by atoms with E-state index in [0.29, 0.717) is 16.3 Å². The highest BCUT2D eigenvalue weighted by Crippen LogP contribution is 2.39. The summed E-state index contributed by atoms with van der Waals surface area (Å²) in [4.78, 5) is 26.9. The molecule has 1 aromatic carbocycles. The highest BCUT2D eigenvalue weighted by molar-refractivity contribution is 6.30. The highest BCUT2D eigenvalue weighted by Gasteiger charge is 2.43. The number of amides is 1. The van der Waals surface area contributed by atoms with Crippen molar-refractivity contribution >= 4 is 23.3 Å². The number of furan rings is 1. The van der Waals surface area contributed by atoms with Gasteiger partial charge in [-0.2, -0.15) is 0 Å². The zero-order valence-corrected chi connectivity index (χ0v) is 15.4. The van der Waals surface area contributed by atoms with Gasteiger partial charge in [-0.05, 0) is 35.7 Å². The maximum absolute atomic E-state index is 12.8. The first-order valence-corrected chi connectivity index (χ1v) is 8.81. The van der Waals surface area contributed by atoms with Gasteiger partial charge in [0, 0.05) is 11.4 Å². The summed E-state index contributed by atoms with van der Waals surface area (Å²) in [5.41, 5.74) is 0.850. The lowest BCUT2D eigenvalue weighted by atomic mass is 9.92. The fraction of sp³-hybridized carbons (Fsp3) is 0.300. The number of hydrogen-bond donors (Lipinski definition) is 1. The van der Waals surface area contributed by atoms with Crippen LogP contribution in [0.5, 0.6) is 0 Å². The number of benzene rings is 1. The molecule has 1 unspecified atom stereocenters. The van der Waals surface area contributed by atoms with Crippen molar-refractivity contribution in [1.82, 2.24) is 4.90 Å². The normalized spacial score (nSPS) is 17.5. The first kappa shape index (κ1) is 18.3. The van der Waals surface area contributed by atoms with Crippen LogP contribution >= 0.6 is 11.6 Å². The van der Waals surface area contributed by atoms with Crippen molar-refractivity contribution in [2.75, 3.05) is 0 Å². The van der Waals surface area contributed by atoms with Gasteiger partial charge in [-0.1, -0.05) is 37.6 Å². The molecular formula is C20H20ClNO4. The van der Waals surface area contributed by atoms with Crippen molar-refractivity contribution < 1.29 is 19.1 Å². The van der Waals surface area contributed by atoms with E-state index in [1.54, 1.807) is 36.4 Å². The van der Waals surface area contributed by atoms with Crippen LogP contribution in [0.3, 0.4) is 0 Å². The molecule has 1 amide bonds. The number of nitrogens with zero attached hydrogens (tertiary/aromatic N) is 1. The Morgan fingerprint density at radius 3 is 2.54 bits per heavy atom. The monoisotopic (exact) mass is 373 g/mol. The van der Waals surface area contributed by atoms with Crippen molar-refractivity contribution in [3.8, 4) is 0 Å². The fourth-order valence-electron chi connectivity index (χ4n) is 3.14. The standard InChI is InChI=1S/C20H20ClNO4/c1-12(2)10-16(23)17-18(13-5-7-14(21)8-6-13)22(20(25)19(17)24)11-15-4-3-9-26-15/h3-9,12,18,24H,10-11H2,1-2H3. The maximum atomic E-state index is 12.8. The molecule has 0 saturated heterocycles. The summed E-state index contributed by atoms with van der Waals surface area (Å²) in [5, 5.41) is 11.0. The Morgan fingerprint density at radius 2 is 1.96 bits per heavy atom. The molecule has 0 spiro atoms. The zero-order chi connectivity index (χ0) is 18.8. The Bertz CT molecular complexity index is 837. The Kier molecular flexibility index (Phi) is 5.18. The van der Waals surface area contributed by atoms with Crippen molar-refractivity contribution in [3.05, 3.63) is 70.3 Å². The smallest absolute Gasteiger partial charge is 0.290 e. The molecule has 6 heteroatoms. The van der Waals surface area contributed by atoms with E-state index in [1.165, 1.54) is 11.2 Å². The van der Waals surface area contributed by atoms with E-state index in [4.69, 9.17) is 16.0 Å². The molecule has 1 atom stereocenters. The molecule has 2 aromatic rings. The van der Waals surface area contributed by atoms with E-state index in [0.717, 1.165) is 0 Å². The lowest BCUT2D eigenvalue weighted by molar-refractivity contribution is -0.130. The van der Waals surface area contributed by atoms with Gasteiger partial charge in [0.15, 0.2) is 11.5 Å². The van der Waals surface area contributed by atoms with E-state index in [1.807, 2.05) is 13.8 Å². The Labute approximate surface area is 156 Å². The summed E-state index contributed by atoms with van der Waals surface area (Å²) in [6, 6.07) is 9.73. The predicted molar refractivity (Wildman–Crippen MR) is 97.6 cm³/mol. The second-order valence-corrected chi connectivity index (χ2v) is 7.19. The van der Waals surface area contributed by atoms with Crippen LogP contribution in [0, 0.1) is 5.92 Å². The molecule has 5 nitrogen and oxygen atoms in total. The summed E-state index contributed by atoms with van der Waals surface area (Å²) in [6.07, 6.45) is 1.77. The molecule has 3 rings (SSSR count). The van der Waals surface area contributed by atoms with Crippen LogP contribution in [0.1, 0.15) is 37.6 Å². The van der Waals surface area contributed by atoms with Crippen LogP contribution in [-0.4, -0.2) is 21.7 Å². The van der Waals surface area contributed by atoms with Gasteiger partial charge in [-0.25, -0.2) is 0 Å². The van der Waals surface area contributed by atoms with Crippen LogP contribution in [0.2, 0.25) is 5.02 Å². The van der Waals surface area contributed by atoms with Crippen LogP contribution < -0.4 is 0 Å². The number of carbonyl (C=O) groups excluding carboxylic acids is 2. The SMILES string of the molecule is CC(C)CC(=O)C1=C(O)C(=O)N(Cc2ccco2)C1c1ccc(Cl)cc1. The quantitative estimate of drug-likeness (QED) is 0.812. The third kappa shape index (κ3) is 3.53. The highest BCUT2D eigenvalue weighted by atomic mass is 35.5. The lowest BCUT2D eigenvalue weighted by Gasteiger charge is -2.26. The van der Waals surface area contributed by atoms with E-state index < -0.39 is 17.7 Å². The van der Waals surface area contributed by atoms with Gasteiger partial charge < -0.3 is 14.4 Å². The van der Waals surface area contributed by atoms with Crippen LogP contribution in [0.15, 0.2) is 58.4 Å². The number of rotatable bonds is 6. The minimum Gasteiger partial charge on any atom is -0.503 e. The molecular weight excluding hydrogens is 354 g/mol. The molecule has 26 heavy (non-hydrogen) atoms. The minimum atomic E-state index is -0.670. The zero-order valence-electron chi connectivity index (χ0n) is 14.6. The van der Waals surface area contributed by atoms with Gasteiger partial charge in [0.1, 0.15) is 5.76 Å². The molecule has 0 bridgehead atoms. The van der Waals surface area contributed by atoms with E-state index in [9.17, 15) is 14.7 Å². The van der Waals surface area contributed by atoms with Crippen LogP contribution in [0.25, 0.3) is 0 Å². The average Bonchev–Trinajstić information content (AvgIpc) is 3.17. The number of aliphatic hydroxyl groups excluding tert-OH is 1. The fourth-order valence-corrected chi connectivity index (χ4v) is 3.27. The average molecular weight is 374 g/mol. The number of Topliss-reactive ketones (excluding diaryl/α,β-unsaturated/α-hetero) is 1. The van der Waals surface area contributed by atoms with Crippen molar-refractivity contribution in [2.45, 2.75) is 32.9 Å². The third-order valence-electron chi connectivity index (χ3n) is 4.29. The van der Waals surface area contributed by atoms with E-state index >= 15 is 0 Å². The topological polar surface area (TPSA) is 70.8 Å². The van der Waals surface area contributed by atoms with Gasteiger partial charge >= 0.3 is 0 Å². The molecule has 0 saturated carbocycles. The first-order chi connectivity index (χ1) is 12.4. The number of ketones is 1. The minimum absolute atomic E-state index is 0.114. The van der Waals surface area contributed by atoms with Gasteiger partial charge in [0.05, 0.1) is 24.4 Å². The predicted octanol–water partition coefficient (Wildman–Crippen LogP) is 4.44. The molecule has 1 aromatic heterocycles. The van der Waals surface area contributed by atoms with Crippen LogP contribution in [-0.2, 0) is 16.1 Å². The van der Waals surface area contributed by atoms with E-state index in [2.05, 4.69) is 0 Å². The molecule has 2 heterocycles. The molecule has 1 N–H and O–H groups in total. The van der Waals surface area contributed by atoms with Crippen molar-refractivity contribution in [1.29, 1.82) is 0 Å². The molecule has 0 radical (unpaired) electrons. The van der Waals surface area contributed by atoms with E-state index in [-0.39, 0.29) is 30.2 Å². The molecule has 0 aliphatic carbocycles. The second-order valence-electron chi connectivity index (χ2n) is 6.75. The summed E-state index contributed by atoms with van der Waals surface area (Å²) >= 11 is 5.97. The number of aliphatic hydroxyl groups is 1. The van der Waals surface area contributed by atoms with Crippen molar-refractivity contribution in [2.24, 2.45) is 5.92 Å². The largest absolute Gasteiger partial charge is 0.503 e. The maximum Gasteiger partial charge on any atom is 0.290 e. The summed E-state index contributed by atoms with van der Waals surface area (Å²) in [6.45, 7) is 4.00. The summed E-state index contributed by atoms with van der Waals surface area (Å²) in [5.74, 6) is -0.603. The first-order valence-electron chi connectivity index (χ1n) is 8.43. The summed E-state index contributed by atoms with van der Waals surface area (Å²) < 4.78 is 5.34. The molecule has 1 aliphatic rings. The van der Waals surface area contributed by atoms with Gasteiger partial charge in [0.2, 0.25) is 0 Å². The molecule has 136 valence electrons. The summed E-state index contributed by atoms with van der Waals surface area (Å²) in [7, 11) is 0. The Balaban J connectivity index is 2.03. The second kappa shape index (κ2) is 7.38. The van der Waals surface area contributed by atoms with Gasteiger partial charge in [0.25, 0.3) is 5.91 Å².